The van der Waals surface area contributed by atoms with E-state index in [1.807, 2.05) is 6.07 Å². The molecule has 0 radical (unpaired) electrons. The van der Waals surface area contributed by atoms with Crippen molar-refractivity contribution in [1.29, 1.82) is 0 Å². The summed E-state index contributed by atoms with van der Waals surface area (Å²) in [6, 6.07) is 8.53. The number of amides is 1. The van der Waals surface area contributed by atoms with Crippen molar-refractivity contribution in [3.8, 4) is 0 Å². The molecule has 3 heteroatoms. The molecule has 0 fully saturated rings. The van der Waals surface area contributed by atoms with Crippen LogP contribution in [0.15, 0.2) is 24.3 Å². The maximum Gasteiger partial charge on any atom is 0.224 e. The Hall–Kier alpha value is -1.51. The summed E-state index contributed by atoms with van der Waals surface area (Å²) >= 11 is 0. The van der Waals surface area contributed by atoms with E-state index in [-0.39, 0.29) is 5.91 Å². The van der Waals surface area contributed by atoms with Crippen molar-refractivity contribution in [2.45, 2.75) is 136 Å². The van der Waals surface area contributed by atoms with E-state index in [0.29, 0.717) is 6.42 Å². The normalized spacial score (nSPS) is 11.0. The third-order valence-corrected chi connectivity index (χ3v) is 6.57. The second-order valence-corrected chi connectivity index (χ2v) is 9.79. The minimum Gasteiger partial charge on any atom is -0.371 e. The third-order valence-electron chi connectivity index (χ3n) is 6.57. The highest BCUT2D eigenvalue weighted by atomic mass is 16.1. The molecule has 1 N–H and O–H groups in total. The third kappa shape index (κ3) is 15.9. The van der Waals surface area contributed by atoms with Gasteiger partial charge in [0.05, 0.1) is 0 Å². The van der Waals surface area contributed by atoms with Gasteiger partial charge in [0.15, 0.2) is 0 Å². The molecule has 0 aliphatic rings. The molecule has 0 unspecified atom stereocenters. The summed E-state index contributed by atoms with van der Waals surface area (Å²) in [4.78, 5) is 15.0. The number of hydrogen-bond donors (Lipinski definition) is 1. The van der Waals surface area contributed by atoms with Crippen LogP contribution < -0.4 is 10.2 Å². The molecule has 0 saturated heterocycles. The van der Waals surface area contributed by atoms with E-state index in [0.717, 1.165) is 31.6 Å². The summed E-state index contributed by atoms with van der Waals surface area (Å²) in [6.45, 7) is 9.02. The lowest BCUT2D eigenvalue weighted by molar-refractivity contribution is -0.116. The summed E-state index contributed by atoms with van der Waals surface area (Å²) in [7, 11) is 0. The highest BCUT2D eigenvalue weighted by Gasteiger charge is 2.09. The van der Waals surface area contributed by atoms with Crippen LogP contribution in [-0.2, 0) is 4.79 Å². The zero-order chi connectivity index (χ0) is 24.0. The molecule has 0 aliphatic heterocycles. The fraction of sp³-hybridized carbons (Fsp3) is 0.767. The number of carbonyl (C=O) groups is 1. The second kappa shape index (κ2) is 21.1. The van der Waals surface area contributed by atoms with Gasteiger partial charge in [-0.1, -0.05) is 117 Å². The number of benzene rings is 1. The first kappa shape index (κ1) is 29.5. The summed E-state index contributed by atoms with van der Waals surface area (Å²) < 4.78 is 0. The van der Waals surface area contributed by atoms with E-state index in [2.05, 4.69) is 49.2 Å². The first-order valence-corrected chi connectivity index (χ1v) is 14.4. The highest BCUT2D eigenvalue weighted by molar-refractivity contribution is 5.91. The average Bonchev–Trinajstić information content (AvgIpc) is 2.82. The fourth-order valence-electron chi connectivity index (χ4n) is 4.43. The molecule has 3 nitrogen and oxygen atoms in total. The smallest absolute Gasteiger partial charge is 0.224 e. The van der Waals surface area contributed by atoms with Gasteiger partial charge in [-0.15, -0.1) is 0 Å². The molecule has 0 spiro atoms. The minimum absolute atomic E-state index is 0.155. The van der Waals surface area contributed by atoms with Gasteiger partial charge >= 0.3 is 0 Å². The Bertz CT molecular complexity index is 570. The van der Waals surface area contributed by atoms with Crippen molar-refractivity contribution < 1.29 is 4.79 Å². The Morgan fingerprint density at radius 2 is 1.15 bits per heavy atom. The lowest BCUT2D eigenvalue weighted by atomic mass is 10.1. The topological polar surface area (TPSA) is 32.3 Å². The zero-order valence-electron chi connectivity index (χ0n) is 22.3. The number of nitrogens with one attached hydrogen (secondary N) is 1. The molecule has 190 valence electrons. The quantitative estimate of drug-likeness (QED) is 0.175. The van der Waals surface area contributed by atoms with Crippen LogP contribution in [-0.4, -0.2) is 19.0 Å². The van der Waals surface area contributed by atoms with Crippen molar-refractivity contribution in [2.24, 2.45) is 0 Å². The van der Waals surface area contributed by atoms with Crippen LogP contribution in [0.4, 0.5) is 11.4 Å². The maximum absolute atomic E-state index is 12.4. The molecule has 1 rings (SSSR count). The lowest BCUT2D eigenvalue weighted by Crippen LogP contribution is -2.26. The number of anilines is 2. The first-order chi connectivity index (χ1) is 16.2. The number of nitrogens with zero attached hydrogens (tertiary/aromatic N) is 1. The SMILES string of the molecule is CCCCCCCCN(CCCCCCCC)c1cccc(NC(=O)CCCCCCC)c1. The molecular formula is C30H54N2O. The monoisotopic (exact) mass is 458 g/mol. The van der Waals surface area contributed by atoms with Gasteiger partial charge in [-0.3, -0.25) is 4.79 Å². The Morgan fingerprint density at radius 1 is 0.667 bits per heavy atom. The van der Waals surface area contributed by atoms with Crippen LogP contribution in [0, 0.1) is 0 Å². The predicted octanol–water partition coefficient (Wildman–Crippen LogP) is 9.51. The molecule has 1 aromatic carbocycles. The molecule has 0 atom stereocenters. The molecule has 33 heavy (non-hydrogen) atoms. The van der Waals surface area contributed by atoms with E-state index in [9.17, 15) is 4.79 Å². The van der Waals surface area contributed by atoms with Crippen LogP contribution in [0.2, 0.25) is 0 Å². The van der Waals surface area contributed by atoms with Gasteiger partial charge in [0, 0.05) is 30.9 Å². The number of unbranched alkanes of at least 4 members (excludes halogenated alkanes) is 14. The van der Waals surface area contributed by atoms with Crippen LogP contribution in [0.25, 0.3) is 0 Å². The van der Waals surface area contributed by atoms with Crippen LogP contribution in [0.5, 0.6) is 0 Å². The number of rotatable bonds is 22. The molecule has 0 aromatic heterocycles. The minimum atomic E-state index is 0.155. The standard InChI is InChI=1S/C30H54N2O/c1-4-7-10-13-16-19-25-32(26-20-17-14-11-8-5-2)29-23-21-22-28(27-29)31-30(33)24-18-15-12-9-6-3/h21-23,27H,4-20,24-26H2,1-3H3,(H,31,33). The van der Waals surface area contributed by atoms with Crippen molar-refractivity contribution >= 4 is 17.3 Å². The summed E-state index contributed by atoms with van der Waals surface area (Å²) in [5.41, 5.74) is 2.21. The van der Waals surface area contributed by atoms with Gasteiger partial charge in [0.1, 0.15) is 0 Å². The van der Waals surface area contributed by atoms with Crippen LogP contribution in [0.1, 0.15) is 136 Å². The molecule has 0 bridgehead atoms. The van der Waals surface area contributed by atoms with E-state index < -0.39 is 0 Å². The van der Waals surface area contributed by atoms with Gasteiger partial charge in [-0.2, -0.15) is 0 Å². The highest BCUT2D eigenvalue weighted by Crippen LogP contribution is 2.22. The summed E-state index contributed by atoms with van der Waals surface area (Å²) in [5, 5.41) is 3.14. The summed E-state index contributed by atoms with van der Waals surface area (Å²) in [6.07, 6.45) is 22.5. The Balaban J connectivity index is 2.56. The molecular weight excluding hydrogens is 404 g/mol. The Labute approximate surface area is 206 Å². The largest absolute Gasteiger partial charge is 0.371 e. The van der Waals surface area contributed by atoms with E-state index in [1.54, 1.807) is 0 Å². The predicted molar refractivity (Wildman–Crippen MR) is 147 cm³/mol. The molecule has 0 saturated carbocycles. The van der Waals surface area contributed by atoms with Crippen molar-refractivity contribution in [2.75, 3.05) is 23.3 Å². The zero-order valence-corrected chi connectivity index (χ0v) is 22.3. The Morgan fingerprint density at radius 3 is 1.70 bits per heavy atom. The molecule has 1 aromatic rings. The maximum atomic E-state index is 12.4. The van der Waals surface area contributed by atoms with Gasteiger partial charge in [-0.25, -0.2) is 0 Å². The van der Waals surface area contributed by atoms with E-state index >= 15 is 0 Å². The molecule has 1 amide bonds. The van der Waals surface area contributed by atoms with E-state index in [4.69, 9.17) is 0 Å². The first-order valence-electron chi connectivity index (χ1n) is 14.4. The van der Waals surface area contributed by atoms with E-state index in [1.165, 1.54) is 102 Å². The van der Waals surface area contributed by atoms with Gasteiger partial charge in [0.25, 0.3) is 0 Å². The fourth-order valence-corrected chi connectivity index (χ4v) is 4.43. The van der Waals surface area contributed by atoms with Gasteiger partial charge in [-0.05, 0) is 37.5 Å². The molecule has 0 heterocycles. The van der Waals surface area contributed by atoms with Gasteiger partial charge in [0.2, 0.25) is 5.91 Å². The van der Waals surface area contributed by atoms with Gasteiger partial charge < -0.3 is 10.2 Å². The van der Waals surface area contributed by atoms with Crippen molar-refractivity contribution in [3.63, 3.8) is 0 Å². The van der Waals surface area contributed by atoms with Crippen LogP contribution in [0.3, 0.4) is 0 Å². The summed E-state index contributed by atoms with van der Waals surface area (Å²) in [5.74, 6) is 0.155. The van der Waals surface area contributed by atoms with Crippen LogP contribution >= 0.6 is 0 Å². The molecule has 0 aliphatic carbocycles. The van der Waals surface area contributed by atoms with Crippen molar-refractivity contribution in [1.82, 2.24) is 0 Å². The average molecular weight is 459 g/mol. The lowest BCUT2D eigenvalue weighted by Gasteiger charge is -2.26. The number of carbonyl (C=O) groups excluding carboxylic acids is 1. The number of hydrogen-bond acceptors (Lipinski definition) is 2. The second-order valence-electron chi connectivity index (χ2n) is 9.79. The Kier molecular flexibility index (Phi) is 18.8. The van der Waals surface area contributed by atoms with Crippen molar-refractivity contribution in [3.05, 3.63) is 24.3 Å².